The van der Waals surface area contributed by atoms with Gasteiger partial charge in [-0.05, 0) is 70.0 Å². The Balaban J connectivity index is 1.18. The summed E-state index contributed by atoms with van der Waals surface area (Å²) in [4.78, 5) is 30.8. The van der Waals surface area contributed by atoms with Gasteiger partial charge in [-0.1, -0.05) is 152 Å². The van der Waals surface area contributed by atoms with E-state index >= 15 is 4.79 Å². The number of carbonyl (C=O) groups is 2. The molecule has 7 heteroatoms. The molecule has 6 aromatic carbocycles. The molecular weight excluding hydrogens is 697 g/mol. The molecule has 0 fully saturated rings. The van der Waals surface area contributed by atoms with Crippen LogP contribution < -0.4 is 5.32 Å². The maximum atomic E-state index is 15.1. The molecule has 0 aliphatic heterocycles. The topological polar surface area (TPSA) is 77.1 Å². The fraction of sp³-hybridized carbons (Fsp3) is 0.265. The van der Waals surface area contributed by atoms with Gasteiger partial charge in [0.25, 0.3) is 0 Å². The third-order valence-corrected chi connectivity index (χ3v) is 10.7. The number of amides is 2. The maximum Gasteiger partial charge on any atom is 0.407 e. The van der Waals surface area contributed by atoms with Gasteiger partial charge in [0.05, 0.1) is 6.54 Å². The summed E-state index contributed by atoms with van der Waals surface area (Å²) in [5.41, 5.74) is 7.85. The second kappa shape index (κ2) is 18.7. The minimum absolute atomic E-state index is 0.0388. The zero-order valence-electron chi connectivity index (χ0n) is 32.2. The molecule has 1 atom stereocenters. The van der Waals surface area contributed by atoms with Crippen LogP contribution in [0.25, 0.3) is 21.9 Å². The third kappa shape index (κ3) is 9.02. The Labute approximate surface area is 330 Å². The molecule has 0 saturated carbocycles. The lowest BCUT2D eigenvalue weighted by Gasteiger charge is -2.32. The van der Waals surface area contributed by atoms with Crippen molar-refractivity contribution >= 4 is 22.8 Å². The Bertz CT molecular complexity index is 2110. The van der Waals surface area contributed by atoms with Gasteiger partial charge < -0.3 is 24.4 Å². The van der Waals surface area contributed by atoms with Gasteiger partial charge >= 0.3 is 6.09 Å². The first-order valence-corrected chi connectivity index (χ1v) is 19.7. The van der Waals surface area contributed by atoms with Crippen LogP contribution in [0.2, 0.25) is 0 Å². The van der Waals surface area contributed by atoms with E-state index in [1.807, 2.05) is 98.8 Å². The van der Waals surface area contributed by atoms with Gasteiger partial charge in [-0.25, -0.2) is 4.79 Å². The number of alkyl carbamates (subject to hydrolysis) is 1. The molecule has 0 unspecified atom stereocenters. The Morgan fingerprint density at radius 2 is 1.21 bits per heavy atom. The second-order valence-corrected chi connectivity index (χ2v) is 14.2. The largest absolute Gasteiger partial charge is 0.449 e. The molecule has 0 aromatic heterocycles. The monoisotopic (exact) mass is 746 g/mol. The van der Waals surface area contributed by atoms with E-state index in [0.29, 0.717) is 26.2 Å². The smallest absolute Gasteiger partial charge is 0.407 e. The molecule has 7 nitrogen and oxygen atoms in total. The van der Waals surface area contributed by atoms with E-state index < -0.39 is 18.4 Å². The summed E-state index contributed by atoms with van der Waals surface area (Å²) in [6, 6.07) is 50.5. The number of rotatable bonds is 17. The first kappa shape index (κ1) is 38.5. The van der Waals surface area contributed by atoms with E-state index in [-0.39, 0.29) is 37.3 Å². The number of carbonyl (C=O) groups excluding carboxylic acids is 2. The highest BCUT2D eigenvalue weighted by Gasteiger charge is 2.32. The first-order chi connectivity index (χ1) is 27.5. The fourth-order valence-corrected chi connectivity index (χ4v) is 8.07. The van der Waals surface area contributed by atoms with Crippen molar-refractivity contribution in [3.05, 3.63) is 179 Å². The van der Waals surface area contributed by atoms with Crippen LogP contribution in [0.3, 0.4) is 0 Å². The van der Waals surface area contributed by atoms with E-state index in [1.165, 1.54) is 11.1 Å². The van der Waals surface area contributed by atoms with E-state index in [4.69, 9.17) is 14.2 Å². The van der Waals surface area contributed by atoms with Crippen LogP contribution in [-0.4, -0.2) is 62.1 Å². The number of hydrogen-bond donors (Lipinski definition) is 1. The molecule has 1 aliphatic rings. The Hall–Kier alpha value is -5.76. The first-order valence-electron chi connectivity index (χ1n) is 19.7. The molecule has 56 heavy (non-hydrogen) atoms. The predicted octanol–water partition coefficient (Wildman–Crippen LogP) is 9.74. The molecule has 0 heterocycles. The van der Waals surface area contributed by atoms with Crippen LogP contribution in [0.15, 0.2) is 152 Å². The highest BCUT2D eigenvalue weighted by molar-refractivity contribution is 5.89. The lowest BCUT2D eigenvalue weighted by molar-refractivity contribution is -0.160. The standard InChI is InChI=1S/C49H50N2O5/c1-3-54-47(55-4-2)33-51(31-30-40(35-18-7-5-8-19-35)36-20-9-6-10-21-36)48(52)46(32-38-24-17-23-37-22-11-12-25-39(37)38)50-49(53)56-34-45-43-28-15-13-26-41(43)42-27-14-16-29-44(42)45/h5-29,40,45-47H,3-4,30-34H2,1-2H3,(H,50,53)/t46-/m0/s1. The van der Waals surface area contributed by atoms with Crippen LogP contribution in [0, 0.1) is 0 Å². The minimum Gasteiger partial charge on any atom is -0.449 e. The Kier molecular flexibility index (Phi) is 12.9. The highest BCUT2D eigenvalue weighted by atomic mass is 16.7. The van der Waals surface area contributed by atoms with Gasteiger partial charge in [0.1, 0.15) is 12.6 Å². The molecule has 0 radical (unpaired) electrons. The van der Waals surface area contributed by atoms with Crippen LogP contribution in [0.4, 0.5) is 4.79 Å². The van der Waals surface area contributed by atoms with Crippen molar-refractivity contribution in [2.45, 2.75) is 50.9 Å². The molecule has 0 bridgehead atoms. The lowest BCUT2D eigenvalue weighted by Crippen LogP contribution is -2.52. The summed E-state index contributed by atoms with van der Waals surface area (Å²) in [5.74, 6) is -0.296. The number of benzene rings is 6. The molecule has 1 N–H and O–H groups in total. The highest BCUT2D eigenvalue weighted by Crippen LogP contribution is 2.44. The molecule has 7 rings (SSSR count). The second-order valence-electron chi connectivity index (χ2n) is 14.2. The number of ether oxygens (including phenoxy) is 3. The van der Waals surface area contributed by atoms with Gasteiger partial charge in [0.2, 0.25) is 5.91 Å². The fourth-order valence-electron chi connectivity index (χ4n) is 8.07. The van der Waals surface area contributed by atoms with Gasteiger partial charge in [-0.3, -0.25) is 4.79 Å². The van der Waals surface area contributed by atoms with Crippen molar-refractivity contribution in [3.8, 4) is 11.1 Å². The van der Waals surface area contributed by atoms with Gasteiger partial charge in [0.15, 0.2) is 6.29 Å². The summed E-state index contributed by atoms with van der Waals surface area (Å²) in [6.07, 6.45) is -0.344. The van der Waals surface area contributed by atoms with Crippen molar-refractivity contribution in [2.75, 3.05) is 32.9 Å². The quantitative estimate of drug-likeness (QED) is 0.0941. The van der Waals surface area contributed by atoms with E-state index in [9.17, 15) is 4.79 Å². The summed E-state index contributed by atoms with van der Waals surface area (Å²) >= 11 is 0. The van der Waals surface area contributed by atoms with Crippen molar-refractivity contribution in [3.63, 3.8) is 0 Å². The van der Waals surface area contributed by atoms with Crippen LogP contribution in [0.5, 0.6) is 0 Å². The van der Waals surface area contributed by atoms with Crippen molar-refractivity contribution in [1.29, 1.82) is 0 Å². The Morgan fingerprint density at radius 1 is 0.661 bits per heavy atom. The Morgan fingerprint density at radius 3 is 1.84 bits per heavy atom. The SMILES string of the molecule is CCOC(CN(CCC(c1ccccc1)c1ccccc1)C(=O)[C@H](Cc1cccc2ccccc12)NC(=O)OCC1c2ccccc2-c2ccccc21)OCC. The summed E-state index contributed by atoms with van der Waals surface area (Å²) in [7, 11) is 0. The van der Waals surface area contributed by atoms with Gasteiger partial charge in [0, 0.05) is 38.0 Å². The summed E-state index contributed by atoms with van der Waals surface area (Å²) in [5, 5.41) is 5.13. The van der Waals surface area contributed by atoms with Crippen molar-refractivity contribution in [1.82, 2.24) is 10.2 Å². The lowest BCUT2D eigenvalue weighted by atomic mass is 9.88. The zero-order valence-corrected chi connectivity index (χ0v) is 32.2. The maximum absolute atomic E-state index is 15.1. The number of fused-ring (bicyclic) bond motifs is 4. The molecule has 0 saturated heterocycles. The number of nitrogens with one attached hydrogen (secondary N) is 1. The molecule has 0 spiro atoms. The average Bonchev–Trinajstić information content (AvgIpc) is 3.56. The molecule has 286 valence electrons. The van der Waals surface area contributed by atoms with Crippen molar-refractivity contribution < 1.29 is 23.8 Å². The van der Waals surface area contributed by atoms with Crippen molar-refractivity contribution in [2.24, 2.45) is 0 Å². The minimum atomic E-state index is -0.924. The molecule has 6 aromatic rings. The van der Waals surface area contributed by atoms with Gasteiger partial charge in [-0.2, -0.15) is 0 Å². The van der Waals surface area contributed by atoms with E-state index in [0.717, 1.165) is 38.6 Å². The normalized spacial score (nSPS) is 12.7. The molecule has 1 aliphatic carbocycles. The van der Waals surface area contributed by atoms with E-state index in [1.54, 1.807) is 4.90 Å². The number of hydrogen-bond acceptors (Lipinski definition) is 5. The molecular formula is C49H50N2O5. The molecule has 2 amide bonds. The summed E-state index contributed by atoms with van der Waals surface area (Å²) < 4.78 is 18.0. The third-order valence-electron chi connectivity index (χ3n) is 10.7. The van der Waals surface area contributed by atoms with E-state index in [2.05, 4.69) is 72.0 Å². The predicted molar refractivity (Wildman–Crippen MR) is 223 cm³/mol. The van der Waals surface area contributed by atoms with Crippen LogP contribution in [0.1, 0.15) is 59.9 Å². The summed E-state index contributed by atoms with van der Waals surface area (Å²) in [6.45, 7) is 5.45. The van der Waals surface area contributed by atoms with Gasteiger partial charge in [-0.15, -0.1) is 0 Å². The zero-order chi connectivity index (χ0) is 38.7. The number of nitrogens with zero attached hydrogens (tertiary/aromatic N) is 1. The average molecular weight is 747 g/mol. The van der Waals surface area contributed by atoms with Crippen LogP contribution in [-0.2, 0) is 25.4 Å². The van der Waals surface area contributed by atoms with Crippen LogP contribution >= 0.6 is 0 Å².